The van der Waals surface area contributed by atoms with Gasteiger partial charge in [-0.15, -0.1) is 0 Å². The first-order valence-corrected chi connectivity index (χ1v) is 8.53. The van der Waals surface area contributed by atoms with Gasteiger partial charge in [0.2, 0.25) is 5.03 Å². The Morgan fingerprint density at radius 3 is 2.52 bits per heavy atom. The van der Waals surface area contributed by atoms with Crippen molar-refractivity contribution in [1.29, 1.82) is 0 Å². The van der Waals surface area contributed by atoms with Gasteiger partial charge in [-0.3, -0.25) is 0 Å². The molecule has 0 fully saturated rings. The summed E-state index contributed by atoms with van der Waals surface area (Å²) in [6.07, 6.45) is 0.928. The van der Waals surface area contributed by atoms with E-state index in [0.717, 1.165) is 0 Å². The van der Waals surface area contributed by atoms with Crippen molar-refractivity contribution in [1.82, 2.24) is 15.1 Å². The molecule has 1 aromatic rings. The minimum Gasteiger partial charge on any atom is -0.610 e. The van der Waals surface area contributed by atoms with Gasteiger partial charge in [0.15, 0.2) is 0 Å². The quantitative estimate of drug-likeness (QED) is 0.624. The van der Waals surface area contributed by atoms with Gasteiger partial charge in [-0.1, -0.05) is 0 Å². The maximum atomic E-state index is 11.9. The number of methoxy groups -OCH3 is 1. The van der Waals surface area contributed by atoms with Crippen molar-refractivity contribution < 1.29 is 23.6 Å². The van der Waals surface area contributed by atoms with Crippen LogP contribution >= 0.6 is 0 Å². The number of hydrogen-bond donors (Lipinski definition) is 1. The minimum absolute atomic E-state index is 0.108. The lowest BCUT2D eigenvalue weighted by atomic mass is 10.1. The average Bonchev–Trinajstić information content (AvgIpc) is 2.76. The molecule has 1 rings (SSSR count). The fourth-order valence-corrected chi connectivity index (χ4v) is 2.58. The molecule has 1 aromatic heterocycles. The monoisotopic (exact) mass is 345 g/mol. The van der Waals surface area contributed by atoms with Crippen molar-refractivity contribution in [3.8, 4) is 0 Å². The zero-order valence-electron chi connectivity index (χ0n) is 14.2. The highest BCUT2D eigenvalue weighted by Gasteiger charge is 2.27. The summed E-state index contributed by atoms with van der Waals surface area (Å²) in [4.78, 5) is 23.7. The number of aromatic nitrogens is 2. The number of nitrogens with one attached hydrogen (secondary N) is 1. The number of carbonyl (C=O) groups excluding carboxylic acids is 2. The molecule has 0 aliphatic rings. The SMILES string of the molecule is COC(=O)C(Cc1cc([S+](C)[O-])n(C)n1)NC(=O)OC(C)(C)C. The van der Waals surface area contributed by atoms with E-state index in [2.05, 4.69) is 10.4 Å². The van der Waals surface area contributed by atoms with Crippen molar-refractivity contribution in [2.45, 2.75) is 43.9 Å². The molecule has 1 heterocycles. The maximum absolute atomic E-state index is 11.9. The maximum Gasteiger partial charge on any atom is 0.408 e. The molecule has 0 aliphatic heterocycles. The van der Waals surface area contributed by atoms with Crippen LogP contribution in [0, 0.1) is 0 Å². The van der Waals surface area contributed by atoms with Crippen LogP contribution < -0.4 is 5.32 Å². The van der Waals surface area contributed by atoms with E-state index in [9.17, 15) is 14.1 Å². The van der Waals surface area contributed by atoms with E-state index in [0.29, 0.717) is 10.7 Å². The van der Waals surface area contributed by atoms with Gasteiger partial charge >= 0.3 is 12.1 Å². The normalized spacial score (nSPS) is 14.0. The molecule has 0 aliphatic carbocycles. The fraction of sp³-hybridized carbons (Fsp3) is 0.643. The van der Waals surface area contributed by atoms with Gasteiger partial charge in [0.1, 0.15) is 17.9 Å². The number of esters is 1. The second kappa shape index (κ2) is 7.69. The molecule has 0 aromatic carbocycles. The number of amides is 1. The highest BCUT2D eigenvalue weighted by molar-refractivity contribution is 7.90. The molecule has 130 valence electrons. The molecule has 2 atom stereocenters. The van der Waals surface area contributed by atoms with E-state index >= 15 is 0 Å². The molecule has 1 N–H and O–H groups in total. The summed E-state index contributed by atoms with van der Waals surface area (Å²) in [6, 6.07) is 0.686. The van der Waals surface area contributed by atoms with Crippen LogP contribution in [-0.2, 0) is 38.9 Å². The predicted molar refractivity (Wildman–Crippen MR) is 84.4 cm³/mol. The van der Waals surface area contributed by atoms with Gasteiger partial charge in [0.25, 0.3) is 0 Å². The molecule has 23 heavy (non-hydrogen) atoms. The summed E-state index contributed by atoms with van der Waals surface area (Å²) in [5.41, 5.74) is -0.161. The van der Waals surface area contributed by atoms with Gasteiger partial charge in [0, 0.05) is 30.7 Å². The Kier molecular flexibility index (Phi) is 6.46. The highest BCUT2D eigenvalue weighted by Crippen LogP contribution is 2.13. The third-order valence-corrected chi connectivity index (χ3v) is 3.74. The third kappa shape index (κ3) is 6.11. The molecule has 9 heteroatoms. The highest BCUT2D eigenvalue weighted by atomic mass is 32.2. The van der Waals surface area contributed by atoms with Crippen LogP contribution in [0.2, 0.25) is 0 Å². The number of rotatable bonds is 5. The van der Waals surface area contributed by atoms with E-state index in [-0.39, 0.29) is 6.42 Å². The number of alkyl carbamates (subject to hydrolysis) is 1. The second-order valence-electron chi connectivity index (χ2n) is 5.98. The molecule has 1 amide bonds. The summed E-state index contributed by atoms with van der Waals surface area (Å²) < 4.78 is 22.9. The molecule has 8 nitrogen and oxygen atoms in total. The lowest BCUT2D eigenvalue weighted by molar-refractivity contribution is -0.143. The summed E-state index contributed by atoms with van der Waals surface area (Å²) >= 11 is -1.20. The van der Waals surface area contributed by atoms with Crippen LogP contribution in [0.5, 0.6) is 0 Å². The molecule has 0 saturated heterocycles. The molecule has 0 spiro atoms. The molecule has 0 bridgehead atoms. The Morgan fingerprint density at radius 1 is 1.48 bits per heavy atom. The van der Waals surface area contributed by atoms with E-state index in [4.69, 9.17) is 9.47 Å². The van der Waals surface area contributed by atoms with Crippen molar-refractivity contribution in [2.75, 3.05) is 13.4 Å². The zero-order chi connectivity index (χ0) is 17.8. The van der Waals surface area contributed by atoms with Crippen molar-refractivity contribution in [2.24, 2.45) is 7.05 Å². The zero-order valence-corrected chi connectivity index (χ0v) is 15.0. The largest absolute Gasteiger partial charge is 0.610 e. The molecular weight excluding hydrogens is 322 g/mol. The van der Waals surface area contributed by atoms with Crippen LogP contribution in [0.3, 0.4) is 0 Å². The standard InChI is InChI=1S/C14H23N3O5S/c1-14(2,3)22-13(19)15-10(12(18)21-5)7-9-8-11(23(6)20)17(4)16-9/h8,10H,7H2,1-6H3,(H,15,19). The third-order valence-electron chi connectivity index (χ3n) is 2.77. The fourth-order valence-electron chi connectivity index (χ4n) is 1.87. The number of nitrogens with zero attached hydrogens (tertiary/aromatic N) is 2. The summed E-state index contributed by atoms with van der Waals surface area (Å²) in [7, 11) is 2.89. The number of carbonyl (C=O) groups is 2. The molecule has 0 radical (unpaired) electrons. The smallest absolute Gasteiger partial charge is 0.408 e. The van der Waals surface area contributed by atoms with Gasteiger partial charge in [0.05, 0.1) is 12.8 Å². The van der Waals surface area contributed by atoms with Gasteiger partial charge in [-0.2, -0.15) is 5.10 Å². The molecule has 0 saturated carbocycles. The first kappa shape index (κ1) is 19.3. The Bertz CT molecular complexity index is 565. The van der Waals surface area contributed by atoms with E-state index in [1.54, 1.807) is 33.9 Å². The Labute approximate surface area is 138 Å². The van der Waals surface area contributed by atoms with E-state index < -0.39 is 34.9 Å². The number of hydrogen-bond acceptors (Lipinski definition) is 6. The number of ether oxygens (including phenoxy) is 2. The van der Waals surface area contributed by atoms with Crippen molar-refractivity contribution in [3.05, 3.63) is 11.8 Å². The molecule has 2 unspecified atom stereocenters. The van der Waals surface area contributed by atoms with Gasteiger partial charge in [-0.05, 0) is 20.8 Å². The van der Waals surface area contributed by atoms with E-state index in [1.807, 2.05) is 0 Å². The summed E-state index contributed by atoms with van der Waals surface area (Å²) in [5.74, 6) is -0.610. The first-order valence-electron chi connectivity index (χ1n) is 6.97. The van der Waals surface area contributed by atoms with Crippen LogP contribution in [0.25, 0.3) is 0 Å². The van der Waals surface area contributed by atoms with Gasteiger partial charge in [-0.25, -0.2) is 14.3 Å². The lowest BCUT2D eigenvalue weighted by Crippen LogP contribution is -2.45. The van der Waals surface area contributed by atoms with Crippen molar-refractivity contribution in [3.63, 3.8) is 0 Å². The van der Waals surface area contributed by atoms with Crippen LogP contribution in [-0.4, -0.2) is 51.4 Å². The molecular formula is C14H23N3O5S. The van der Waals surface area contributed by atoms with Crippen LogP contribution in [0.15, 0.2) is 11.1 Å². The minimum atomic E-state index is -1.20. The Balaban J connectivity index is 2.85. The lowest BCUT2D eigenvalue weighted by Gasteiger charge is -2.22. The first-order chi connectivity index (χ1) is 10.5. The Hall–Kier alpha value is -1.74. The Morgan fingerprint density at radius 2 is 2.09 bits per heavy atom. The summed E-state index contributed by atoms with van der Waals surface area (Å²) in [6.45, 7) is 5.17. The second-order valence-corrected chi connectivity index (χ2v) is 7.30. The predicted octanol–water partition coefficient (Wildman–Crippen LogP) is 0.766. The van der Waals surface area contributed by atoms with E-state index in [1.165, 1.54) is 18.0 Å². The average molecular weight is 345 g/mol. The number of aryl methyl sites for hydroxylation is 1. The van der Waals surface area contributed by atoms with Crippen LogP contribution in [0.4, 0.5) is 4.79 Å². The van der Waals surface area contributed by atoms with Crippen LogP contribution in [0.1, 0.15) is 26.5 Å². The summed E-state index contributed by atoms with van der Waals surface area (Å²) in [5, 5.41) is 7.19. The van der Waals surface area contributed by atoms with Crippen molar-refractivity contribution >= 4 is 23.2 Å². The van der Waals surface area contributed by atoms with Gasteiger partial charge < -0.3 is 19.3 Å². The topological polar surface area (TPSA) is 106 Å².